The normalized spacial score (nSPS) is 12.0. The van der Waals surface area contributed by atoms with Crippen LogP contribution in [0.2, 0.25) is 0 Å². The van der Waals surface area contributed by atoms with Crippen LogP contribution >= 0.6 is 65.4 Å². The van der Waals surface area contributed by atoms with Gasteiger partial charge in [0.2, 0.25) is 0 Å². The van der Waals surface area contributed by atoms with Crippen molar-refractivity contribution in [3.63, 3.8) is 0 Å². The van der Waals surface area contributed by atoms with Gasteiger partial charge in [-0.3, -0.25) is 0 Å². The summed E-state index contributed by atoms with van der Waals surface area (Å²) in [5.74, 6) is 0. The zero-order valence-corrected chi connectivity index (χ0v) is 11.9. The van der Waals surface area contributed by atoms with Crippen LogP contribution in [0.25, 0.3) is 0 Å². The van der Waals surface area contributed by atoms with Crippen LogP contribution in [0.4, 0.5) is 0 Å². The molecule has 0 amide bonds. The van der Waals surface area contributed by atoms with E-state index in [0.29, 0.717) is 0 Å². The summed E-state index contributed by atoms with van der Waals surface area (Å²) in [6.07, 6.45) is 1.13. The first-order valence-electron chi connectivity index (χ1n) is 2.27. The molecule has 0 spiro atoms. The van der Waals surface area contributed by atoms with Gasteiger partial charge in [0.25, 0.3) is 0 Å². The molecule has 0 N–H and O–H groups in total. The summed E-state index contributed by atoms with van der Waals surface area (Å²) in [5.41, 5.74) is 0. The average Bonchev–Trinajstić information content (AvgIpc) is 1.59. The first-order chi connectivity index (χ1) is 3.56. The summed E-state index contributed by atoms with van der Waals surface area (Å²) in [4.78, 5) is 0. The number of hydrogen-bond acceptors (Lipinski definition) is 1. The lowest BCUT2D eigenvalue weighted by molar-refractivity contribution is 0.344. The molecule has 8 heavy (non-hydrogen) atoms. The van der Waals surface area contributed by atoms with Gasteiger partial charge < -0.3 is 4.43 Å². The van der Waals surface area contributed by atoms with Gasteiger partial charge in [0, 0.05) is 6.61 Å². The van der Waals surface area contributed by atoms with Crippen molar-refractivity contribution in [3.8, 4) is 0 Å². The van der Waals surface area contributed by atoms with Crippen LogP contribution in [0, 0.1) is 0 Å². The van der Waals surface area contributed by atoms with Crippen molar-refractivity contribution in [2.24, 2.45) is 0 Å². The van der Waals surface area contributed by atoms with Crippen LogP contribution in [0.3, 0.4) is 0 Å². The molecule has 0 aromatic heterocycles. The average molecular weight is 468 g/mol. The Kier molecular flexibility index (Phi) is 6.58. The van der Waals surface area contributed by atoms with Crippen molar-refractivity contribution < 1.29 is 4.43 Å². The van der Waals surface area contributed by atoms with Crippen LogP contribution in [0.5, 0.6) is 0 Å². The van der Waals surface area contributed by atoms with Gasteiger partial charge in [-0.25, -0.2) is 0 Å². The molecule has 1 nitrogen and oxygen atoms in total. The molecule has 0 heterocycles. The van der Waals surface area contributed by atoms with Gasteiger partial charge in [0.05, 0.1) is 0 Å². The first-order valence-corrected chi connectivity index (χ1v) is 13.5. The highest BCUT2D eigenvalue weighted by molar-refractivity contribution is 14.4. The molecule has 0 atom stereocenters. The highest BCUT2D eigenvalue weighted by atomic mass is 127. The summed E-state index contributed by atoms with van der Waals surface area (Å²) in [6.45, 7) is 3.05. The van der Waals surface area contributed by atoms with Crippen molar-refractivity contribution in [2.45, 2.75) is 13.3 Å². The van der Waals surface area contributed by atoms with Crippen molar-refractivity contribution >= 4 is 66.2 Å². The Hall–Kier alpha value is 2.37. The van der Waals surface area contributed by atoms with Gasteiger partial charge in [-0.1, -0.05) is 72.3 Å². The van der Waals surface area contributed by atoms with Gasteiger partial charge in [0.1, 0.15) is 0 Å². The minimum absolute atomic E-state index is 0.918. The summed E-state index contributed by atoms with van der Waals surface area (Å²) in [7, 11) is 0. The SMILES string of the molecule is CCCO[Si](I)(I)I. The van der Waals surface area contributed by atoms with Gasteiger partial charge >= 0.3 is 0.807 Å². The molecule has 0 saturated carbocycles. The molecule has 0 aromatic carbocycles. The van der Waals surface area contributed by atoms with Crippen molar-refractivity contribution in [3.05, 3.63) is 0 Å². The molecular weight excluding hydrogens is 461 g/mol. The van der Waals surface area contributed by atoms with E-state index in [-0.39, 0.29) is 0 Å². The monoisotopic (exact) mass is 468 g/mol. The van der Waals surface area contributed by atoms with E-state index >= 15 is 0 Å². The summed E-state index contributed by atoms with van der Waals surface area (Å²) in [5, 5.41) is 0. The first kappa shape index (κ1) is 10.4. The minimum Gasteiger partial charge on any atom is -0.393 e. The third kappa shape index (κ3) is 8.37. The largest absolute Gasteiger partial charge is 0.393 e. The van der Waals surface area contributed by atoms with E-state index in [1.165, 1.54) is 0 Å². The van der Waals surface area contributed by atoms with Gasteiger partial charge in [-0.2, -0.15) is 0 Å². The van der Waals surface area contributed by atoms with Crippen LogP contribution in [0.15, 0.2) is 0 Å². The molecule has 0 unspecified atom stereocenters. The van der Waals surface area contributed by atoms with Gasteiger partial charge in [-0.05, 0) is 6.42 Å². The van der Waals surface area contributed by atoms with Crippen LogP contribution in [0.1, 0.15) is 13.3 Å². The molecule has 5 heteroatoms. The fourth-order valence-corrected chi connectivity index (χ4v) is 2.64. The van der Waals surface area contributed by atoms with E-state index in [1.807, 2.05) is 0 Å². The zero-order chi connectivity index (χ0) is 6.62. The quantitative estimate of drug-likeness (QED) is 0.352. The molecule has 0 aromatic rings. The fourth-order valence-electron chi connectivity index (χ4n) is 0.218. The van der Waals surface area contributed by atoms with Crippen LogP contribution in [-0.2, 0) is 4.43 Å². The Morgan fingerprint density at radius 3 is 2.00 bits per heavy atom. The van der Waals surface area contributed by atoms with E-state index < -0.39 is 0.807 Å². The third-order valence-corrected chi connectivity index (χ3v) is 3.80. The second-order valence-corrected chi connectivity index (χ2v) is 34.7. The van der Waals surface area contributed by atoms with E-state index in [1.54, 1.807) is 0 Å². The predicted molar refractivity (Wildman–Crippen MR) is 64.1 cm³/mol. The highest BCUT2D eigenvalue weighted by Gasteiger charge is 2.22. The zero-order valence-electron chi connectivity index (χ0n) is 4.46. The van der Waals surface area contributed by atoms with Crippen molar-refractivity contribution in [1.29, 1.82) is 0 Å². The topological polar surface area (TPSA) is 9.23 Å². The van der Waals surface area contributed by atoms with E-state index in [0.717, 1.165) is 13.0 Å². The van der Waals surface area contributed by atoms with E-state index in [4.69, 9.17) is 4.43 Å². The molecule has 0 aliphatic heterocycles. The lowest BCUT2D eigenvalue weighted by Crippen LogP contribution is -2.13. The molecule has 0 aliphatic rings. The number of rotatable bonds is 3. The summed E-state index contributed by atoms with van der Waals surface area (Å²) >= 11 is 7.17. The molecular formula is C3H7I3OSi. The maximum atomic E-state index is 5.48. The Labute approximate surface area is 89.1 Å². The molecule has 0 saturated heterocycles. The maximum Gasteiger partial charge on any atom is 0.392 e. The van der Waals surface area contributed by atoms with Crippen LogP contribution < -0.4 is 0 Å². The Bertz CT molecular complexity index is 62.0. The van der Waals surface area contributed by atoms with Gasteiger partial charge in [0.15, 0.2) is 0 Å². The lowest BCUT2D eigenvalue weighted by Gasteiger charge is -2.08. The molecule has 0 rings (SSSR count). The van der Waals surface area contributed by atoms with E-state index in [2.05, 4.69) is 72.3 Å². The molecule has 0 radical (unpaired) electrons. The second-order valence-electron chi connectivity index (χ2n) is 1.29. The molecule has 0 fully saturated rings. The fraction of sp³-hybridized carbons (Fsp3) is 1.00. The summed E-state index contributed by atoms with van der Waals surface area (Å²) in [6, 6.07) is 0. The lowest BCUT2D eigenvalue weighted by atomic mass is 10.5. The molecule has 0 bridgehead atoms. The number of hydrogen-bond donors (Lipinski definition) is 0. The molecule has 50 valence electrons. The van der Waals surface area contributed by atoms with Gasteiger partial charge in [-0.15, -0.1) is 0 Å². The van der Waals surface area contributed by atoms with Crippen molar-refractivity contribution in [1.82, 2.24) is 0 Å². The maximum absolute atomic E-state index is 5.48. The highest BCUT2D eigenvalue weighted by Crippen LogP contribution is 2.30. The Morgan fingerprint density at radius 2 is 1.88 bits per heavy atom. The third-order valence-electron chi connectivity index (χ3n) is 0.470. The predicted octanol–water partition coefficient (Wildman–Crippen LogP) is 3.15. The van der Waals surface area contributed by atoms with Crippen LogP contribution in [-0.4, -0.2) is 7.41 Å². The van der Waals surface area contributed by atoms with Crippen molar-refractivity contribution in [2.75, 3.05) is 6.61 Å². The Morgan fingerprint density at radius 1 is 1.38 bits per heavy atom. The smallest absolute Gasteiger partial charge is 0.392 e. The number of halogens is 3. The second kappa shape index (κ2) is 5.08. The summed E-state index contributed by atoms with van der Waals surface area (Å²) < 4.78 is 4.21. The van der Waals surface area contributed by atoms with E-state index in [9.17, 15) is 0 Å². The minimum atomic E-state index is -1.27. The standard InChI is InChI=1S/C3H7I3OSi/c1-2-3-7-8(4,5)6/h2-3H2,1H3. The Balaban J connectivity index is 3.11. The molecule has 0 aliphatic carbocycles.